The number of carboxylic acid groups (broad SMARTS) is 1. The highest BCUT2D eigenvalue weighted by Gasteiger charge is 2.35. The van der Waals surface area contributed by atoms with E-state index in [0.29, 0.717) is 6.54 Å². The highest BCUT2D eigenvalue weighted by Crippen LogP contribution is 2.35. The third-order valence-electron chi connectivity index (χ3n) is 3.15. The Kier molecular flexibility index (Phi) is 3.47. The van der Waals surface area contributed by atoms with Crippen molar-refractivity contribution in [2.24, 2.45) is 5.92 Å². The monoisotopic (exact) mass is 253 g/mol. The Hall–Kier alpha value is -1.36. The van der Waals surface area contributed by atoms with Crippen LogP contribution in [0.15, 0.2) is 17.5 Å². The van der Waals surface area contributed by atoms with Gasteiger partial charge < -0.3 is 10.0 Å². The van der Waals surface area contributed by atoms with Crippen molar-refractivity contribution >= 4 is 23.2 Å². The third kappa shape index (κ3) is 2.34. The highest BCUT2D eigenvalue weighted by atomic mass is 32.1. The van der Waals surface area contributed by atoms with Crippen molar-refractivity contribution in [1.82, 2.24) is 4.90 Å². The van der Waals surface area contributed by atoms with Crippen LogP contribution in [0.5, 0.6) is 0 Å². The lowest BCUT2D eigenvalue weighted by Gasteiger charge is -2.25. The summed E-state index contributed by atoms with van der Waals surface area (Å²) < 4.78 is 0. The van der Waals surface area contributed by atoms with Crippen molar-refractivity contribution in [3.05, 3.63) is 22.4 Å². The van der Waals surface area contributed by atoms with E-state index in [-0.39, 0.29) is 11.9 Å². The number of rotatable bonds is 3. The maximum Gasteiger partial charge on any atom is 0.315 e. The van der Waals surface area contributed by atoms with Crippen LogP contribution in [-0.4, -0.2) is 28.4 Å². The van der Waals surface area contributed by atoms with Crippen molar-refractivity contribution in [2.75, 3.05) is 6.54 Å². The molecule has 1 amide bonds. The van der Waals surface area contributed by atoms with Gasteiger partial charge in [-0.05, 0) is 31.2 Å². The van der Waals surface area contributed by atoms with E-state index in [0.717, 1.165) is 17.7 Å². The van der Waals surface area contributed by atoms with Gasteiger partial charge in [-0.25, -0.2) is 0 Å². The van der Waals surface area contributed by atoms with E-state index in [2.05, 4.69) is 0 Å². The molecule has 1 saturated heterocycles. The molecule has 1 N–H and O–H groups in total. The number of hydrogen-bond donors (Lipinski definition) is 1. The lowest BCUT2D eigenvalue weighted by atomic mass is 10.1. The smallest absolute Gasteiger partial charge is 0.315 e. The van der Waals surface area contributed by atoms with E-state index < -0.39 is 11.9 Å². The van der Waals surface area contributed by atoms with Crippen molar-refractivity contribution in [2.45, 2.75) is 25.8 Å². The fraction of sp³-hybridized carbons (Fsp3) is 0.500. The second-order valence-electron chi connectivity index (χ2n) is 4.27. The fourth-order valence-corrected chi connectivity index (χ4v) is 3.04. The van der Waals surface area contributed by atoms with E-state index in [9.17, 15) is 9.59 Å². The predicted molar refractivity (Wildman–Crippen MR) is 64.8 cm³/mol. The first kappa shape index (κ1) is 12.1. The molecule has 92 valence electrons. The number of carbonyl (C=O) groups excluding carboxylic acids is 1. The standard InChI is InChI=1S/C12H15NO3S/c1-8(12(15)16)11(14)13-6-2-4-9(13)10-5-3-7-17-10/h3,5,7-9H,2,4,6H2,1H3,(H,15,16). The van der Waals surface area contributed by atoms with Gasteiger partial charge >= 0.3 is 5.97 Å². The average Bonchev–Trinajstić information content (AvgIpc) is 2.96. The fourth-order valence-electron chi connectivity index (χ4n) is 2.16. The number of amides is 1. The number of likely N-dealkylation sites (tertiary alicyclic amines) is 1. The molecule has 0 radical (unpaired) electrons. The molecule has 17 heavy (non-hydrogen) atoms. The molecule has 0 saturated carbocycles. The van der Waals surface area contributed by atoms with Crippen LogP contribution < -0.4 is 0 Å². The maximum atomic E-state index is 12.0. The van der Waals surface area contributed by atoms with Crippen molar-refractivity contribution in [3.63, 3.8) is 0 Å². The van der Waals surface area contributed by atoms with Crippen LogP contribution >= 0.6 is 11.3 Å². The summed E-state index contributed by atoms with van der Waals surface area (Å²) in [6.07, 6.45) is 1.87. The average molecular weight is 253 g/mol. The second-order valence-corrected chi connectivity index (χ2v) is 5.24. The molecule has 0 bridgehead atoms. The molecule has 1 aliphatic rings. The van der Waals surface area contributed by atoms with Crippen LogP contribution in [0.1, 0.15) is 30.7 Å². The quantitative estimate of drug-likeness (QED) is 0.839. The highest BCUT2D eigenvalue weighted by molar-refractivity contribution is 7.10. The summed E-state index contributed by atoms with van der Waals surface area (Å²) in [5.74, 6) is -2.27. The Balaban J connectivity index is 2.15. The van der Waals surface area contributed by atoms with Gasteiger partial charge in [0.1, 0.15) is 5.92 Å². The van der Waals surface area contributed by atoms with Gasteiger partial charge in [-0.15, -0.1) is 11.3 Å². The molecule has 0 aromatic carbocycles. The van der Waals surface area contributed by atoms with Gasteiger partial charge in [-0.2, -0.15) is 0 Å². The van der Waals surface area contributed by atoms with Crippen LogP contribution in [0.25, 0.3) is 0 Å². The van der Waals surface area contributed by atoms with E-state index in [1.807, 2.05) is 17.5 Å². The predicted octanol–water partition coefficient (Wildman–Crippen LogP) is 2.13. The molecule has 0 spiro atoms. The van der Waals surface area contributed by atoms with E-state index in [1.54, 1.807) is 16.2 Å². The van der Waals surface area contributed by atoms with Crippen LogP contribution in [0.2, 0.25) is 0 Å². The van der Waals surface area contributed by atoms with Crippen molar-refractivity contribution in [3.8, 4) is 0 Å². The third-order valence-corrected chi connectivity index (χ3v) is 4.12. The van der Waals surface area contributed by atoms with Gasteiger partial charge in [0.25, 0.3) is 0 Å². The normalized spacial score (nSPS) is 21.5. The summed E-state index contributed by atoms with van der Waals surface area (Å²) in [7, 11) is 0. The summed E-state index contributed by atoms with van der Waals surface area (Å²) in [5, 5.41) is 10.9. The van der Waals surface area contributed by atoms with Gasteiger partial charge in [0.15, 0.2) is 0 Å². The number of hydrogen-bond acceptors (Lipinski definition) is 3. The van der Waals surface area contributed by atoms with Crippen LogP contribution in [0, 0.1) is 5.92 Å². The number of nitrogens with zero attached hydrogens (tertiary/aromatic N) is 1. The molecule has 4 nitrogen and oxygen atoms in total. The Bertz CT molecular complexity index is 415. The zero-order valence-corrected chi connectivity index (χ0v) is 10.4. The zero-order chi connectivity index (χ0) is 12.4. The van der Waals surface area contributed by atoms with Gasteiger partial charge in [0, 0.05) is 11.4 Å². The number of carbonyl (C=O) groups is 2. The maximum absolute atomic E-state index is 12.0. The first-order valence-corrected chi connectivity index (χ1v) is 6.56. The molecular weight excluding hydrogens is 238 g/mol. The molecule has 2 atom stereocenters. The van der Waals surface area contributed by atoms with Gasteiger partial charge in [0.05, 0.1) is 6.04 Å². The summed E-state index contributed by atoms with van der Waals surface area (Å²) in [5.41, 5.74) is 0. The second kappa shape index (κ2) is 4.87. The molecular formula is C12H15NO3S. The Morgan fingerprint density at radius 1 is 1.59 bits per heavy atom. The SMILES string of the molecule is CC(C(=O)O)C(=O)N1CCCC1c1cccs1. The largest absolute Gasteiger partial charge is 0.481 e. The Labute approximate surface area is 104 Å². The summed E-state index contributed by atoms with van der Waals surface area (Å²) in [6, 6.07) is 4.04. The van der Waals surface area contributed by atoms with Crippen LogP contribution in [-0.2, 0) is 9.59 Å². The van der Waals surface area contributed by atoms with Crippen molar-refractivity contribution < 1.29 is 14.7 Å². The minimum absolute atomic E-state index is 0.0734. The summed E-state index contributed by atoms with van der Waals surface area (Å²) >= 11 is 1.62. The number of thiophene rings is 1. The molecule has 1 aromatic heterocycles. The first-order chi connectivity index (χ1) is 8.11. The zero-order valence-electron chi connectivity index (χ0n) is 9.63. The van der Waals surface area contributed by atoms with Gasteiger partial charge in [0.2, 0.25) is 5.91 Å². The molecule has 2 heterocycles. The molecule has 2 rings (SSSR count). The van der Waals surface area contributed by atoms with E-state index in [4.69, 9.17) is 5.11 Å². The van der Waals surface area contributed by atoms with E-state index in [1.165, 1.54) is 6.92 Å². The lowest BCUT2D eigenvalue weighted by molar-refractivity contribution is -0.150. The molecule has 1 aromatic rings. The molecule has 2 unspecified atom stereocenters. The van der Waals surface area contributed by atoms with Gasteiger partial charge in [-0.1, -0.05) is 6.07 Å². The van der Waals surface area contributed by atoms with Crippen LogP contribution in [0.4, 0.5) is 0 Å². The molecule has 0 aliphatic carbocycles. The van der Waals surface area contributed by atoms with E-state index >= 15 is 0 Å². The Morgan fingerprint density at radius 2 is 2.35 bits per heavy atom. The molecule has 5 heteroatoms. The van der Waals surface area contributed by atoms with Gasteiger partial charge in [-0.3, -0.25) is 9.59 Å². The topological polar surface area (TPSA) is 57.6 Å². The number of aliphatic carboxylic acids is 1. The summed E-state index contributed by atoms with van der Waals surface area (Å²) in [4.78, 5) is 25.7. The first-order valence-electron chi connectivity index (χ1n) is 5.68. The minimum atomic E-state index is -1.05. The number of carboxylic acids is 1. The lowest BCUT2D eigenvalue weighted by Crippen LogP contribution is -2.37. The van der Waals surface area contributed by atoms with Crippen molar-refractivity contribution in [1.29, 1.82) is 0 Å². The Morgan fingerprint density at radius 3 is 2.94 bits per heavy atom. The minimum Gasteiger partial charge on any atom is -0.481 e. The van der Waals surface area contributed by atoms with Crippen LogP contribution in [0.3, 0.4) is 0 Å². The summed E-state index contributed by atoms with van der Waals surface area (Å²) in [6.45, 7) is 2.12. The molecule has 1 aliphatic heterocycles. The molecule has 1 fully saturated rings.